The lowest BCUT2D eigenvalue weighted by Gasteiger charge is -2.14. The highest BCUT2D eigenvalue weighted by molar-refractivity contribution is 5.98. The molecular formula is C23H22. The van der Waals surface area contributed by atoms with Crippen LogP contribution < -0.4 is 0 Å². The van der Waals surface area contributed by atoms with Crippen molar-refractivity contribution in [2.24, 2.45) is 5.92 Å². The van der Waals surface area contributed by atoms with Crippen molar-refractivity contribution in [3.63, 3.8) is 0 Å². The van der Waals surface area contributed by atoms with Gasteiger partial charge in [0.2, 0.25) is 0 Å². The standard InChI is InChI=1S/C23H22/c1-15(2)18-13-19-11-16(3)12-23(22(19)14-18)21-10-6-8-17-7-4-5-9-20(17)21/h4-13,15H,14H2,1-3H3. The van der Waals surface area contributed by atoms with Gasteiger partial charge in [-0.2, -0.15) is 0 Å². The lowest BCUT2D eigenvalue weighted by molar-refractivity contribution is 0.755. The topological polar surface area (TPSA) is 0 Å². The van der Waals surface area contributed by atoms with E-state index in [1.165, 1.54) is 38.6 Å². The second-order valence-corrected chi connectivity index (χ2v) is 6.96. The van der Waals surface area contributed by atoms with Crippen LogP contribution in [0, 0.1) is 12.8 Å². The number of aryl methyl sites for hydroxylation is 1. The van der Waals surface area contributed by atoms with Gasteiger partial charge in [-0.05, 0) is 57.9 Å². The number of benzene rings is 3. The van der Waals surface area contributed by atoms with E-state index in [0.29, 0.717) is 5.92 Å². The minimum Gasteiger partial charge on any atom is -0.0626 e. The smallest absolute Gasteiger partial charge is 0.00491 e. The van der Waals surface area contributed by atoms with E-state index in [1.807, 2.05) is 0 Å². The van der Waals surface area contributed by atoms with E-state index in [-0.39, 0.29) is 0 Å². The van der Waals surface area contributed by atoms with Crippen molar-refractivity contribution in [3.05, 3.63) is 76.9 Å². The summed E-state index contributed by atoms with van der Waals surface area (Å²) in [7, 11) is 0. The molecule has 3 aromatic carbocycles. The van der Waals surface area contributed by atoms with Crippen LogP contribution in [0.5, 0.6) is 0 Å². The van der Waals surface area contributed by atoms with Crippen molar-refractivity contribution < 1.29 is 0 Å². The number of hydrogen-bond donors (Lipinski definition) is 0. The summed E-state index contributed by atoms with van der Waals surface area (Å²) >= 11 is 0. The third-order valence-corrected chi connectivity index (χ3v) is 4.97. The van der Waals surface area contributed by atoms with Crippen LogP contribution in [0.2, 0.25) is 0 Å². The Kier molecular flexibility index (Phi) is 3.34. The Bertz CT molecular complexity index is 921. The van der Waals surface area contributed by atoms with Crippen molar-refractivity contribution in [2.75, 3.05) is 0 Å². The molecule has 0 spiro atoms. The van der Waals surface area contributed by atoms with E-state index in [2.05, 4.69) is 81.4 Å². The predicted molar refractivity (Wildman–Crippen MR) is 101 cm³/mol. The second-order valence-electron chi connectivity index (χ2n) is 6.96. The van der Waals surface area contributed by atoms with Crippen molar-refractivity contribution in [2.45, 2.75) is 27.2 Å². The van der Waals surface area contributed by atoms with Gasteiger partial charge in [-0.15, -0.1) is 0 Å². The summed E-state index contributed by atoms with van der Waals surface area (Å²) in [5, 5.41) is 2.66. The molecule has 114 valence electrons. The van der Waals surface area contributed by atoms with Crippen LogP contribution in [0.3, 0.4) is 0 Å². The molecule has 0 amide bonds. The largest absolute Gasteiger partial charge is 0.0626 e. The van der Waals surface area contributed by atoms with Gasteiger partial charge in [0.1, 0.15) is 0 Å². The van der Waals surface area contributed by atoms with Crippen LogP contribution in [0.25, 0.3) is 28.0 Å². The molecule has 4 rings (SSSR count). The quantitative estimate of drug-likeness (QED) is 0.512. The summed E-state index contributed by atoms with van der Waals surface area (Å²) in [5.41, 5.74) is 8.57. The molecule has 0 fully saturated rings. The first-order valence-electron chi connectivity index (χ1n) is 8.45. The van der Waals surface area contributed by atoms with Gasteiger partial charge in [0.25, 0.3) is 0 Å². The first-order chi connectivity index (χ1) is 11.1. The van der Waals surface area contributed by atoms with Crippen LogP contribution in [0.15, 0.2) is 60.2 Å². The lowest BCUT2D eigenvalue weighted by atomic mass is 9.90. The summed E-state index contributed by atoms with van der Waals surface area (Å²) in [6, 6.07) is 20.0. The van der Waals surface area contributed by atoms with Crippen LogP contribution in [0.1, 0.15) is 30.5 Å². The molecule has 0 nitrogen and oxygen atoms in total. The summed E-state index contributed by atoms with van der Waals surface area (Å²) in [5.74, 6) is 0.614. The summed E-state index contributed by atoms with van der Waals surface area (Å²) < 4.78 is 0. The van der Waals surface area contributed by atoms with Gasteiger partial charge in [-0.1, -0.05) is 80.1 Å². The molecule has 0 radical (unpaired) electrons. The fourth-order valence-corrected chi connectivity index (χ4v) is 3.70. The van der Waals surface area contributed by atoms with E-state index in [1.54, 1.807) is 5.57 Å². The number of hydrogen-bond acceptors (Lipinski definition) is 0. The van der Waals surface area contributed by atoms with E-state index in [0.717, 1.165) is 6.42 Å². The van der Waals surface area contributed by atoms with Gasteiger partial charge in [0.15, 0.2) is 0 Å². The Morgan fingerprint density at radius 2 is 1.65 bits per heavy atom. The molecule has 0 N–H and O–H groups in total. The number of allylic oxidation sites excluding steroid dienone is 1. The molecule has 0 saturated heterocycles. The molecule has 0 aromatic heterocycles. The summed E-state index contributed by atoms with van der Waals surface area (Å²) in [6.07, 6.45) is 3.49. The van der Waals surface area contributed by atoms with Crippen molar-refractivity contribution in [3.8, 4) is 11.1 Å². The van der Waals surface area contributed by atoms with E-state index >= 15 is 0 Å². The van der Waals surface area contributed by atoms with Crippen LogP contribution in [0.4, 0.5) is 0 Å². The van der Waals surface area contributed by atoms with E-state index < -0.39 is 0 Å². The zero-order valence-electron chi connectivity index (χ0n) is 14.1. The molecule has 0 atom stereocenters. The zero-order chi connectivity index (χ0) is 16.0. The van der Waals surface area contributed by atoms with Crippen LogP contribution >= 0.6 is 0 Å². The highest BCUT2D eigenvalue weighted by Gasteiger charge is 2.20. The normalized spacial score (nSPS) is 13.5. The molecule has 1 aliphatic carbocycles. The first-order valence-corrected chi connectivity index (χ1v) is 8.45. The number of fused-ring (bicyclic) bond motifs is 2. The SMILES string of the molecule is Cc1cc2c(c(-c3cccc4ccccc34)c1)CC(C(C)C)=C2. The third kappa shape index (κ3) is 2.39. The molecule has 0 unspecified atom stereocenters. The monoisotopic (exact) mass is 298 g/mol. The highest BCUT2D eigenvalue weighted by Crippen LogP contribution is 2.39. The fraction of sp³-hybridized carbons (Fsp3) is 0.217. The Morgan fingerprint density at radius 3 is 2.48 bits per heavy atom. The van der Waals surface area contributed by atoms with Gasteiger partial charge in [-0.3, -0.25) is 0 Å². The van der Waals surface area contributed by atoms with E-state index in [4.69, 9.17) is 0 Å². The zero-order valence-corrected chi connectivity index (χ0v) is 14.1. The maximum Gasteiger partial charge on any atom is -0.00491 e. The van der Waals surface area contributed by atoms with Gasteiger partial charge in [-0.25, -0.2) is 0 Å². The molecule has 3 aromatic rings. The molecule has 0 bridgehead atoms. The summed E-state index contributed by atoms with van der Waals surface area (Å²) in [4.78, 5) is 0. The highest BCUT2D eigenvalue weighted by atomic mass is 14.2. The Labute approximate surface area is 138 Å². The van der Waals surface area contributed by atoms with Crippen molar-refractivity contribution in [1.82, 2.24) is 0 Å². The average molecular weight is 298 g/mol. The van der Waals surface area contributed by atoms with Crippen LogP contribution in [-0.4, -0.2) is 0 Å². The third-order valence-electron chi connectivity index (χ3n) is 4.97. The molecule has 23 heavy (non-hydrogen) atoms. The first kappa shape index (κ1) is 14.3. The Balaban J connectivity index is 1.96. The molecule has 0 saturated carbocycles. The number of rotatable bonds is 2. The second kappa shape index (κ2) is 5.38. The lowest BCUT2D eigenvalue weighted by Crippen LogP contribution is -1.96. The summed E-state index contributed by atoms with van der Waals surface area (Å²) in [6.45, 7) is 6.79. The minimum atomic E-state index is 0.614. The maximum absolute atomic E-state index is 2.40. The van der Waals surface area contributed by atoms with Crippen molar-refractivity contribution >= 4 is 16.8 Å². The van der Waals surface area contributed by atoms with Gasteiger partial charge in [0, 0.05) is 0 Å². The Hall–Kier alpha value is -2.34. The molecule has 0 heteroatoms. The van der Waals surface area contributed by atoms with E-state index in [9.17, 15) is 0 Å². The predicted octanol–water partition coefficient (Wildman–Crippen LogP) is 6.41. The molecular weight excluding hydrogens is 276 g/mol. The average Bonchev–Trinajstić information content (AvgIpc) is 2.97. The maximum atomic E-state index is 2.40. The van der Waals surface area contributed by atoms with Crippen molar-refractivity contribution in [1.29, 1.82) is 0 Å². The fourth-order valence-electron chi connectivity index (χ4n) is 3.70. The molecule has 0 heterocycles. The van der Waals surface area contributed by atoms with Crippen LogP contribution in [-0.2, 0) is 6.42 Å². The Morgan fingerprint density at radius 1 is 0.870 bits per heavy atom. The van der Waals surface area contributed by atoms with Gasteiger partial charge >= 0.3 is 0 Å². The van der Waals surface area contributed by atoms with Gasteiger partial charge < -0.3 is 0 Å². The molecule has 0 aliphatic heterocycles. The van der Waals surface area contributed by atoms with Gasteiger partial charge in [0.05, 0.1) is 0 Å². The molecule has 1 aliphatic rings. The minimum absolute atomic E-state index is 0.614.